The number of hydrogen-bond donors (Lipinski definition) is 0. The summed E-state index contributed by atoms with van der Waals surface area (Å²) in [6.07, 6.45) is 4.06. The molecule has 0 aromatic carbocycles. The molecule has 0 spiro atoms. The van der Waals surface area contributed by atoms with Gasteiger partial charge in [-0.1, -0.05) is 6.92 Å². The second-order valence-electron chi connectivity index (χ2n) is 2.66. The highest BCUT2D eigenvalue weighted by Gasteiger charge is 2.30. The lowest BCUT2D eigenvalue weighted by Gasteiger charge is -1.99. The fourth-order valence-corrected chi connectivity index (χ4v) is 1.55. The van der Waals surface area contributed by atoms with E-state index in [-0.39, 0.29) is 0 Å². The molecule has 1 atom stereocenters. The Bertz CT molecular complexity index is 180. The summed E-state index contributed by atoms with van der Waals surface area (Å²) in [7, 11) is 0. The van der Waals surface area contributed by atoms with Gasteiger partial charge >= 0.3 is 0 Å². The molecule has 1 unspecified atom stereocenters. The van der Waals surface area contributed by atoms with E-state index < -0.39 is 0 Å². The van der Waals surface area contributed by atoms with Crippen molar-refractivity contribution in [3.8, 4) is 0 Å². The minimum absolute atomic E-state index is 0.907. The summed E-state index contributed by atoms with van der Waals surface area (Å²) in [6, 6.07) is 0. The van der Waals surface area contributed by atoms with Crippen LogP contribution in [0.4, 0.5) is 0 Å². The Morgan fingerprint density at radius 3 is 2.88 bits per heavy atom. The van der Waals surface area contributed by atoms with Crippen LogP contribution in [-0.4, -0.2) is 0 Å². The fourth-order valence-electron chi connectivity index (χ4n) is 1.55. The van der Waals surface area contributed by atoms with Gasteiger partial charge in [-0.25, -0.2) is 0 Å². The predicted molar refractivity (Wildman–Crippen MR) is 33.6 cm³/mol. The van der Waals surface area contributed by atoms with Crippen LogP contribution in [0.5, 0.6) is 0 Å². The van der Waals surface area contributed by atoms with E-state index in [1.807, 2.05) is 0 Å². The summed E-state index contributed by atoms with van der Waals surface area (Å²) in [4.78, 5) is 0. The maximum absolute atomic E-state index is 3.30. The average molecular weight is 106 g/mol. The van der Waals surface area contributed by atoms with Gasteiger partial charge in [-0.3, -0.25) is 0 Å². The highest BCUT2D eigenvalue weighted by atomic mass is 14.3. The quantitative estimate of drug-likeness (QED) is 0.450. The number of hydrogen-bond acceptors (Lipinski definition) is 0. The molecule has 2 aliphatic carbocycles. The molecule has 2 aliphatic rings. The van der Waals surface area contributed by atoms with E-state index in [1.54, 1.807) is 11.1 Å². The Morgan fingerprint density at radius 1 is 1.75 bits per heavy atom. The Hall–Kier alpha value is -0.480. The highest BCUT2D eigenvalue weighted by Crippen LogP contribution is 2.44. The zero-order chi connectivity index (χ0) is 5.56. The molecule has 0 nitrogen and oxygen atoms in total. The molecule has 8 heavy (non-hydrogen) atoms. The lowest BCUT2D eigenvalue weighted by molar-refractivity contribution is 0.606. The Balaban J connectivity index is 2.09. The van der Waals surface area contributed by atoms with Crippen molar-refractivity contribution in [2.45, 2.75) is 26.2 Å². The summed E-state index contributed by atoms with van der Waals surface area (Å²) < 4.78 is 0. The van der Waals surface area contributed by atoms with E-state index in [0.29, 0.717) is 0 Å². The van der Waals surface area contributed by atoms with Crippen LogP contribution in [0.2, 0.25) is 0 Å². The first kappa shape index (κ1) is 4.40. The number of fused-ring (bicyclic) bond motifs is 1. The van der Waals surface area contributed by atoms with Gasteiger partial charge in [0.1, 0.15) is 0 Å². The van der Waals surface area contributed by atoms with Gasteiger partial charge in [0.2, 0.25) is 0 Å². The number of rotatable bonds is 1. The van der Waals surface area contributed by atoms with Crippen LogP contribution in [0.25, 0.3) is 0 Å². The van der Waals surface area contributed by atoms with Crippen LogP contribution < -0.4 is 0 Å². The van der Waals surface area contributed by atoms with Gasteiger partial charge in [0.05, 0.1) is 0 Å². The van der Waals surface area contributed by atoms with Gasteiger partial charge in [-0.05, 0) is 25.2 Å². The van der Waals surface area contributed by atoms with E-state index in [0.717, 1.165) is 5.92 Å². The van der Waals surface area contributed by atoms with Crippen LogP contribution in [0.15, 0.2) is 16.9 Å². The van der Waals surface area contributed by atoms with Gasteiger partial charge in [0, 0.05) is 11.1 Å². The molecular weight excluding hydrogens is 96.1 g/mol. The molecule has 0 aromatic rings. The molecule has 1 saturated carbocycles. The first-order valence-electron chi connectivity index (χ1n) is 3.42. The SMILES string of the molecule is CCC1CCC2=C=C21. The van der Waals surface area contributed by atoms with Gasteiger partial charge in [0.25, 0.3) is 0 Å². The molecule has 0 radical (unpaired) electrons. The molecule has 0 aliphatic heterocycles. The third-order valence-electron chi connectivity index (χ3n) is 2.19. The van der Waals surface area contributed by atoms with E-state index in [9.17, 15) is 0 Å². The normalized spacial score (nSPS) is 31.4. The Labute approximate surface area is 49.9 Å². The monoisotopic (exact) mass is 106 g/mol. The van der Waals surface area contributed by atoms with Crippen molar-refractivity contribution in [2.24, 2.45) is 5.92 Å². The van der Waals surface area contributed by atoms with Crippen molar-refractivity contribution in [3.05, 3.63) is 16.9 Å². The van der Waals surface area contributed by atoms with Crippen molar-refractivity contribution in [1.82, 2.24) is 0 Å². The van der Waals surface area contributed by atoms with Crippen LogP contribution in [-0.2, 0) is 0 Å². The molecule has 1 fully saturated rings. The Kier molecular flexibility index (Phi) is 0.698. The van der Waals surface area contributed by atoms with Gasteiger partial charge < -0.3 is 0 Å². The lowest BCUT2D eigenvalue weighted by Crippen LogP contribution is -1.88. The minimum Gasteiger partial charge on any atom is -0.112 e. The summed E-state index contributed by atoms with van der Waals surface area (Å²) >= 11 is 0. The molecule has 0 amide bonds. The maximum Gasteiger partial charge on any atom is 0.00831 e. The lowest BCUT2D eigenvalue weighted by atomic mass is 10.0. The summed E-state index contributed by atoms with van der Waals surface area (Å²) in [6.45, 7) is 2.26. The minimum atomic E-state index is 0.907. The molecule has 0 heteroatoms. The van der Waals surface area contributed by atoms with Crippen molar-refractivity contribution >= 4 is 0 Å². The molecular formula is C8H10. The second-order valence-corrected chi connectivity index (χ2v) is 2.66. The molecule has 0 bridgehead atoms. The highest BCUT2D eigenvalue weighted by molar-refractivity contribution is 5.49. The van der Waals surface area contributed by atoms with E-state index in [2.05, 4.69) is 12.7 Å². The van der Waals surface area contributed by atoms with Crippen LogP contribution in [0.1, 0.15) is 26.2 Å². The Morgan fingerprint density at radius 2 is 2.62 bits per heavy atom. The summed E-state index contributed by atoms with van der Waals surface area (Å²) in [5.41, 5.74) is 6.43. The largest absolute Gasteiger partial charge is 0.112 e. The first-order valence-corrected chi connectivity index (χ1v) is 3.42. The van der Waals surface area contributed by atoms with Crippen molar-refractivity contribution < 1.29 is 0 Å². The maximum atomic E-state index is 3.30. The molecule has 0 aromatic heterocycles. The third kappa shape index (κ3) is 0.413. The zero-order valence-electron chi connectivity index (χ0n) is 5.20. The first-order chi connectivity index (χ1) is 3.92. The molecule has 2 rings (SSSR count). The summed E-state index contributed by atoms with van der Waals surface area (Å²) in [5.74, 6) is 0.907. The molecule has 0 heterocycles. The van der Waals surface area contributed by atoms with Crippen molar-refractivity contribution in [1.29, 1.82) is 0 Å². The fraction of sp³-hybridized carbons (Fsp3) is 0.625. The predicted octanol–water partition coefficient (Wildman–Crippen LogP) is 2.27. The second kappa shape index (κ2) is 1.27. The third-order valence-corrected chi connectivity index (χ3v) is 2.19. The molecule has 42 valence electrons. The topological polar surface area (TPSA) is 0 Å². The van der Waals surface area contributed by atoms with Crippen molar-refractivity contribution in [3.63, 3.8) is 0 Å². The van der Waals surface area contributed by atoms with Crippen LogP contribution >= 0.6 is 0 Å². The number of allylic oxidation sites excluding steroid dienone is 1. The molecule has 0 saturated heterocycles. The smallest absolute Gasteiger partial charge is 0.00831 e. The van der Waals surface area contributed by atoms with Crippen LogP contribution in [0.3, 0.4) is 0 Å². The van der Waals surface area contributed by atoms with Gasteiger partial charge in [-0.15, -0.1) is 5.73 Å². The molecule has 0 N–H and O–H groups in total. The average Bonchev–Trinajstić information content (AvgIpc) is 2.46. The summed E-state index contributed by atoms with van der Waals surface area (Å²) in [5, 5.41) is 0. The van der Waals surface area contributed by atoms with Gasteiger partial charge in [-0.2, -0.15) is 0 Å². The zero-order valence-corrected chi connectivity index (χ0v) is 5.20. The van der Waals surface area contributed by atoms with E-state index in [4.69, 9.17) is 0 Å². The van der Waals surface area contributed by atoms with Crippen LogP contribution in [0, 0.1) is 5.92 Å². The standard InChI is InChI=1S/C8H10/c1-2-6-3-4-7-5-8(6)7/h6H,2-4H2,1H3. The van der Waals surface area contributed by atoms with Crippen molar-refractivity contribution in [2.75, 3.05) is 0 Å². The van der Waals surface area contributed by atoms with E-state index in [1.165, 1.54) is 19.3 Å². The van der Waals surface area contributed by atoms with E-state index >= 15 is 0 Å². The van der Waals surface area contributed by atoms with Gasteiger partial charge in [0.15, 0.2) is 0 Å².